The van der Waals surface area contributed by atoms with E-state index in [2.05, 4.69) is 15.3 Å². The Morgan fingerprint density at radius 1 is 1.47 bits per heavy atom. The zero-order chi connectivity index (χ0) is 14.2. The fourth-order valence-corrected chi connectivity index (χ4v) is 1.92. The minimum atomic E-state index is -0.535. The maximum Gasteiger partial charge on any atom is 0.329 e. The minimum absolute atomic E-state index is 0.315. The molecule has 3 N–H and O–H groups in total. The number of rotatable bonds is 4. The average molecular weight is 267 g/mol. The molecule has 104 valence electrons. The van der Waals surface area contributed by atoms with Crippen LogP contribution in [-0.2, 0) is 13.6 Å². The molecule has 2 aromatic heterocycles. The molecule has 0 saturated heterocycles. The summed E-state index contributed by atoms with van der Waals surface area (Å²) in [6.45, 7) is 4.36. The molecule has 2 aromatic rings. The molecule has 0 saturated carbocycles. The Labute approximate surface area is 108 Å². The van der Waals surface area contributed by atoms with Crippen molar-refractivity contribution in [1.29, 1.82) is 0 Å². The van der Waals surface area contributed by atoms with Crippen molar-refractivity contribution >= 4 is 17.1 Å². The van der Waals surface area contributed by atoms with Gasteiger partial charge in [-0.25, -0.2) is 4.79 Å². The van der Waals surface area contributed by atoms with E-state index in [1.54, 1.807) is 18.5 Å². The molecule has 0 aliphatic rings. The number of imidazole rings is 1. The van der Waals surface area contributed by atoms with Gasteiger partial charge in [-0.3, -0.25) is 14.3 Å². The van der Waals surface area contributed by atoms with Crippen molar-refractivity contribution in [2.24, 2.45) is 7.05 Å². The SMILES string of the molecule is CCn1c(NCC(C)O)nc2c1c(=O)[nH]c(=O)n2C. The van der Waals surface area contributed by atoms with E-state index in [9.17, 15) is 14.7 Å². The van der Waals surface area contributed by atoms with Gasteiger partial charge >= 0.3 is 5.69 Å². The van der Waals surface area contributed by atoms with E-state index in [0.717, 1.165) is 0 Å². The van der Waals surface area contributed by atoms with Crippen molar-refractivity contribution in [3.63, 3.8) is 0 Å². The highest BCUT2D eigenvalue weighted by Crippen LogP contribution is 2.14. The zero-order valence-corrected chi connectivity index (χ0v) is 11.1. The molecule has 19 heavy (non-hydrogen) atoms. The van der Waals surface area contributed by atoms with E-state index in [-0.39, 0.29) is 0 Å². The van der Waals surface area contributed by atoms with Crippen molar-refractivity contribution < 1.29 is 5.11 Å². The standard InChI is InChI=1S/C11H17N5O3/c1-4-16-7-8(13-10(16)12-5-6(2)17)15(3)11(19)14-9(7)18/h6,17H,4-5H2,1-3H3,(H,12,13)(H,14,18,19). The molecule has 0 aromatic carbocycles. The Kier molecular flexibility index (Phi) is 3.43. The van der Waals surface area contributed by atoms with Crippen LogP contribution in [0, 0.1) is 0 Å². The van der Waals surface area contributed by atoms with E-state index in [1.807, 2.05) is 6.92 Å². The molecule has 8 heteroatoms. The number of H-pyrrole nitrogens is 1. The summed E-state index contributed by atoms with van der Waals surface area (Å²) >= 11 is 0. The van der Waals surface area contributed by atoms with E-state index in [0.29, 0.717) is 30.2 Å². The minimum Gasteiger partial charge on any atom is -0.392 e. The molecule has 0 aliphatic heterocycles. The van der Waals surface area contributed by atoms with Gasteiger partial charge in [0.2, 0.25) is 5.95 Å². The van der Waals surface area contributed by atoms with E-state index in [4.69, 9.17) is 0 Å². The van der Waals surface area contributed by atoms with Gasteiger partial charge in [0.25, 0.3) is 5.56 Å². The fourth-order valence-electron chi connectivity index (χ4n) is 1.92. The van der Waals surface area contributed by atoms with Crippen LogP contribution in [0.5, 0.6) is 0 Å². The summed E-state index contributed by atoms with van der Waals surface area (Å²) in [6, 6.07) is 0. The van der Waals surface area contributed by atoms with Gasteiger partial charge < -0.3 is 15.0 Å². The predicted molar refractivity (Wildman–Crippen MR) is 71.4 cm³/mol. The van der Waals surface area contributed by atoms with Crippen LogP contribution < -0.4 is 16.6 Å². The smallest absolute Gasteiger partial charge is 0.329 e. The van der Waals surface area contributed by atoms with Gasteiger partial charge in [-0.2, -0.15) is 4.98 Å². The highest BCUT2D eigenvalue weighted by Gasteiger charge is 2.16. The summed E-state index contributed by atoms with van der Waals surface area (Å²) < 4.78 is 2.96. The largest absolute Gasteiger partial charge is 0.392 e. The Bertz CT molecular complexity index is 709. The molecule has 0 fully saturated rings. The van der Waals surface area contributed by atoms with Crippen LogP contribution in [0.1, 0.15) is 13.8 Å². The number of aryl methyl sites for hydroxylation is 2. The molecule has 0 radical (unpaired) electrons. The lowest BCUT2D eigenvalue weighted by atomic mass is 10.4. The van der Waals surface area contributed by atoms with Gasteiger partial charge in [-0.15, -0.1) is 0 Å². The number of aromatic amines is 1. The summed E-state index contributed by atoms with van der Waals surface area (Å²) in [5.41, 5.74) is -0.292. The number of fused-ring (bicyclic) bond motifs is 1. The summed E-state index contributed by atoms with van der Waals surface area (Å²) in [5, 5.41) is 12.2. The third-order valence-corrected chi connectivity index (χ3v) is 2.88. The molecule has 2 rings (SSSR count). The number of aliphatic hydroxyl groups is 1. The van der Waals surface area contributed by atoms with Crippen molar-refractivity contribution in [2.75, 3.05) is 11.9 Å². The second kappa shape index (κ2) is 4.88. The topological polar surface area (TPSA) is 105 Å². The van der Waals surface area contributed by atoms with Crippen LogP contribution in [0.4, 0.5) is 5.95 Å². The lowest BCUT2D eigenvalue weighted by Crippen LogP contribution is -2.29. The van der Waals surface area contributed by atoms with Crippen LogP contribution in [-0.4, -0.2) is 36.9 Å². The quantitative estimate of drug-likeness (QED) is 0.675. The molecule has 1 unspecified atom stereocenters. The molecular formula is C11H17N5O3. The Balaban J connectivity index is 2.67. The van der Waals surface area contributed by atoms with Gasteiger partial charge in [0.05, 0.1) is 6.10 Å². The molecule has 2 heterocycles. The van der Waals surface area contributed by atoms with E-state index in [1.165, 1.54) is 4.57 Å². The van der Waals surface area contributed by atoms with Crippen LogP contribution in [0.15, 0.2) is 9.59 Å². The molecule has 1 atom stereocenters. The first-order chi connectivity index (χ1) is 8.95. The van der Waals surface area contributed by atoms with Crippen LogP contribution in [0.3, 0.4) is 0 Å². The molecule has 0 bridgehead atoms. The number of aliphatic hydroxyl groups excluding tert-OH is 1. The highest BCUT2D eigenvalue weighted by molar-refractivity contribution is 5.74. The van der Waals surface area contributed by atoms with Crippen LogP contribution in [0.2, 0.25) is 0 Å². The first kappa shape index (κ1) is 13.3. The third kappa shape index (κ3) is 2.26. The highest BCUT2D eigenvalue weighted by atomic mass is 16.3. The number of nitrogens with zero attached hydrogens (tertiary/aromatic N) is 3. The molecule has 0 spiro atoms. The molecule has 8 nitrogen and oxygen atoms in total. The summed E-state index contributed by atoms with van der Waals surface area (Å²) in [4.78, 5) is 29.9. The number of anilines is 1. The third-order valence-electron chi connectivity index (χ3n) is 2.88. The van der Waals surface area contributed by atoms with Crippen molar-refractivity contribution in [1.82, 2.24) is 19.1 Å². The van der Waals surface area contributed by atoms with Crippen molar-refractivity contribution in [3.8, 4) is 0 Å². The Hall–Kier alpha value is -2.09. The van der Waals surface area contributed by atoms with Crippen LogP contribution in [0.25, 0.3) is 11.2 Å². The lowest BCUT2D eigenvalue weighted by molar-refractivity contribution is 0.208. The number of nitrogens with one attached hydrogen (secondary N) is 2. The lowest BCUT2D eigenvalue weighted by Gasteiger charge is -2.09. The first-order valence-corrected chi connectivity index (χ1v) is 6.07. The summed E-state index contributed by atoms with van der Waals surface area (Å²) in [6.07, 6.45) is -0.535. The zero-order valence-electron chi connectivity index (χ0n) is 11.1. The second-order valence-corrected chi connectivity index (χ2v) is 4.40. The number of aromatic nitrogens is 4. The summed E-state index contributed by atoms with van der Waals surface area (Å²) in [5.74, 6) is 0.463. The van der Waals surface area contributed by atoms with Gasteiger partial charge in [0.1, 0.15) is 0 Å². The van der Waals surface area contributed by atoms with E-state index >= 15 is 0 Å². The van der Waals surface area contributed by atoms with Gasteiger partial charge in [-0.05, 0) is 13.8 Å². The normalized spacial score (nSPS) is 12.8. The van der Waals surface area contributed by atoms with Crippen molar-refractivity contribution in [2.45, 2.75) is 26.5 Å². The van der Waals surface area contributed by atoms with Crippen LogP contribution >= 0.6 is 0 Å². The molecular weight excluding hydrogens is 250 g/mol. The maximum absolute atomic E-state index is 11.9. The van der Waals surface area contributed by atoms with Gasteiger partial charge in [0.15, 0.2) is 11.2 Å². The Morgan fingerprint density at radius 3 is 2.74 bits per heavy atom. The van der Waals surface area contributed by atoms with Gasteiger partial charge in [0, 0.05) is 20.1 Å². The number of hydrogen-bond acceptors (Lipinski definition) is 5. The fraction of sp³-hybridized carbons (Fsp3) is 0.545. The predicted octanol–water partition coefficient (Wildman–Crippen LogP) is -0.764. The first-order valence-electron chi connectivity index (χ1n) is 6.07. The van der Waals surface area contributed by atoms with Crippen molar-refractivity contribution in [3.05, 3.63) is 20.8 Å². The molecule has 0 amide bonds. The second-order valence-electron chi connectivity index (χ2n) is 4.40. The number of hydrogen-bond donors (Lipinski definition) is 3. The average Bonchev–Trinajstić information content (AvgIpc) is 2.72. The maximum atomic E-state index is 11.9. The van der Waals surface area contributed by atoms with Gasteiger partial charge in [-0.1, -0.05) is 0 Å². The Morgan fingerprint density at radius 2 is 2.16 bits per heavy atom. The summed E-state index contributed by atoms with van der Waals surface area (Å²) in [7, 11) is 1.55. The monoisotopic (exact) mass is 267 g/mol. The van der Waals surface area contributed by atoms with E-state index < -0.39 is 17.4 Å². The molecule has 0 aliphatic carbocycles.